The van der Waals surface area contributed by atoms with Crippen molar-refractivity contribution in [2.24, 2.45) is 0 Å². The third kappa shape index (κ3) is 4.10. The van der Waals surface area contributed by atoms with Crippen LogP contribution in [0, 0.1) is 11.3 Å². The molecular formula is C19H20N2O4S. The summed E-state index contributed by atoms with van der Waals surface area (Å²) in [5.41, 5.74) is 4.73. The Morgan fingerprint density at radius 2 is 1.85 bits per heavy atom. The minimum atomic E-state index is -3.71. The molecule has 0 radical (unpaired) electrons. The van der Waals surface area contributed by atoms with E-state index in [1.807, 2.05) is 36.4 Å². The lowest BCUT2D eigenvalue weighted by Gasteiger charge is -2.25. The van der Waals surface area contributed by atoms with Crippen LogP contribution in [-0.4, -0.2) is 30.5 Å². The van der Waals surface area contributed by atoms with Gasteiger partial charge in [0.15, 0.2) is 9.84 Å². The van der Waals surface area contributed by atoms with Crippen molar-refractivity contribution >= 4 is 15.7 Å². The van der Waals surface area contributed by atoms with E-state index in [1.165, 1.54) is 12.4 Å². The van der Waals surface area contributed by atoms with E-state index in [0.29, 0.717) is 12.0 Å². The first-order valence-corrected chi connectivity index (χ1v) is 9.84. The van der Waals surface area contributed by atoms with Gasteiger partial charge >= 0.3 is 0 Å². The Balaban J connectivity index is 2.19. The van der Waals surface area contributed by atoms with Crippen LogP contribution in [0.3, 0.4) is 0 Å². The largest absolute Gasteiger partial charge is 0.289 e. The van der Waals surface area contributed by atoms with Crippen LogP contribution in [0.1, 0.15) is 24.5 Å². The second kappa shape index (κ2) is 7.68. The third-order valence-electron chi connectivity index (χ3n) is 4.57. The van der Waals surface area contributed by atoms with Crippen molar-refractivity contribution in [3.8, 4) is 17.2 Å². The van der Waals surface area contributed by atoms with E-state index in [9.17, 15) is 13.2 Å². The number of nitriles is 1. The highest BCUT2D eigenvalue weighted by molar-refractivity contribution is 7.92. The molecule has 2 aromatic carbocycles. The lowest BCUT2D eigenvalue weighted by atomic mass is 9.97. The molecule has 0 heterocycles. The zero-order valence-corrected chi connectivity index (χ0v) is 15.4. The molecule has 0 aliphatic rings. The fourth-order valence-electron chi connectivity index (χ4n) is 2.60. The maximum absolute atomic E-state index is 12.0. The topological polar surface area (TPSA) is 107 Å². The first-order chi connectivity index (χ1) is 12.2. The maximum Gasteiger partial charge on any atom is 0.264 e. The van der Waals surface area contributed by atoms with Crippen molar-refractivity contribution in [1.29, 1.82) is 5.26 Å². The van der Waals surface area contributed by atoms with E-state index in [4.69, 9.17) is 10.5 Å². The molecule has 1 amide bonds. The van der Waals surface area contributed by atoms with Gasteiger partial charge in [0.25, 0.3) is 5.91 Å². The van der Waals surface area contributed by atoms with Gasteiger partial charge in [-0.05, 0) is 48.6 Å². The van der Waals surface area contributed by atoms with E-state index in [2.05, 4.69) is 6.07 Å². The van der Waals surface area contributed by atoms with E-state index < -0.39 is 20.5 Å². The highest BCUT2D eigenvalue weighted by Gasteiger charge is 2.43. The molecule has 0 spiro atoms. The predicted octanol–water partition coefficient (Wildman–Crippen LogP) is 2.47. The summed E-state index contributed by atoms with van der Waals surface area (Å²) in [6.07, 6.45) is 1.38. The molecule has 0 saturated heterocycles. The van der Waals surface area contributed by atoms with Crippen molar-refractivity contribution in [2.45, 2.75) is 24.5 Å². The standard InChI is InChI=1S/C19H20N2O4S/c1-19(18(22)21-23,26(2,24)25)11-10-14-6-8-16(9-7-14)17-5-3-4-15(12-17)13-20/h3-9,12,23H,10-11H2,1-2H3,(H,21,22). The van der Waals surface area contributed by atoms with E-state index in [0.717, 1.165) is 22.9 Å². The van der Waals surface area contributed by atoms with Gasteiger partial charge in [0.1, 0.15) is 4.75 Å². The Bertz CT molecular complexity index is 946. The number of benzene rings is 2. The summed E-state index contributed by atoms with van der Waals surface area (Å²) in [6.45, 7) is 1.30. The predicted molar refractivity (Wildman–Crippen MR) is 98.1 cm³/mol. The van der Waals surface area contributed by atoms with Crippen molar-refractivity contribution in [2.75, 3.05) is 6.26 Å². The minimum Gasteiger partial charge on any atom is -0.289 e. The number of nitrogens with zero attached hydrogens (tertiary/aromatic N) is 1. The molecule has 1 atom stereocenters. The highest BCUT2D eigenvalue weighted by Crippen LogP contribution is 2.25. The second-order valence-corrected chi connectivity index (χ2v) is 8.78. The number of rotatable bonds is 6. The van der Waals surface area contributed by atoms with Gasteiger partial charge in [-0.1, -0.05) is 36.4 Å². The number of nitrogens with one attached hydrogen (secondary N) is 1. The molecule has 26 heavy (non-hydrogen) atoms. The molecule has 0 saturated carbocycles. The molecule has 136 valence electrons. The number of amides is 1. The normalized spacial score (nSPS) is 13.5. The number of aryl methyl sites for hydroxylation is 1. The molecule has 2 rings (SSSR count). The van der Waals surface area contributed by atoms with Crippen LogP contribution in [0.4, 0.5) is 0 Å². The van der Waals surface area contributed by atoms with Crippen LogP contribution in [0.25, 0.3) is 11.1 Å². The molecule has 0 bridgehead atoms. The summed E-state index contributed by atoms with van der Waals surface area (Å²) in [5, 5.41) is 17.8. The zero-order valence-electron chi connectivity index (χ0n) is 14.6. The quantitative estimate of drug-likeness (QED) is 0.598. The number of carbonyl (C=O) groups is 1. The van der Waals surface area contributed by atoms with E-state index >= 15 is 0 Å². The fourth-order valence-corrected chi connectivity index (χ4v) is 3.46. The molecule has 0 aliphatic carbocycles. The summed E-state index contributed by atoms with van der Waals surface area (Å²) < 4.78 is 22.2. The van der Waals surface area contributed by atoms with E-state index in [1.54, 1.807) is 12.1 Å². The van der Waals surface area contributed by atoms with Gasteiger partial charge in [0.05, 0.1) is 11.6 Å². The molecule has 2 aromatic rings. The summed E-state index contributed by atoms with van der Waals surface area (Å²) in [7, 11) is -3.71. The maximum atomic E-state index is 12.0. The van der Waals surface area contributed by atoms with Crippen LogP contribution in [-0.2, 0) is 21.1 Å². The van der Waals surface area contributed by atoms with Crippen LogP contribution < -0.4 is 5.48 Å². The zero-order chi connectivity index (χ0) is 19.4. The second-order valence-electron chi connectivity index (χ2n) is 6.33. The van der Waals surface area contributed by atoms with Crippen molar-refractivity contribution in [3.05, 3.63) is 59.7 Å². The van der Waals surface area contributed by atoms with Crippen LogP contribution in [0.2, 0.25) is 0 Å². The molecule has 7 heteroatoms. The summed E-state index contributed by atoms with van der Waals surface area (Å²) >= 11 is 0. The number of carbonyl (C=O) groups excluding carboxylic acids is 1. The first-order valence-electron chi connectivity index (χ1n) is 7.95. The van der Waals surface area contributed by atoms with Gasteiger partial charge in [-0.2, -0.15) is 5.26 Å². The van der Waals surface area contributed by atoms with Crippen molar-refractivity contribution < 1.29 is 18.4 Å². The Labute approximate surface area is 153 Å². The van der Waals surface area contributed by atoms with Gasteiger partial charge in [-0.15, -0.1) is 0 Å². The Kier molecular flexibility index (Phi) is 5.80. The number of hydrogen-bond acceptors (Lipinski definition) is 5. The molecule has 1 unspecified atom stereocenters. The molecule has 0 aliphatic heterocycles. The minimum absolute atomic E-state index is 0.0431. The molecule has 0 aromatic heterocycles. The SMILES string of the molecule is CC(CCc1ccc(-c2cccc(C#N)c2)cc1)(C(=O)NO)S(C)(=O)=O. The number of hydrogen-bond donors (Lipinski definition) is 2. The van der Waals surface area contributed by atoms with Crippen molar-refractivity contribution in [3.63, 3.8) is 0 Å². The Morgan fingerprint density at radius 1 is 1.19 bits per heavy atom. The Hall–Kier alpha value is -2.69. The van der Waals surface area contributed by atoms with Gasteiger partial charge < -0.3 is 0 Å². The van der Waals surface area contributed by atoms with Gasteiger partial charge in [-0.25, -0.2) is 13.9 Å². The van der Waals surface area contributed by atoms with Gasteiger partial charge in [-0.3, -0.25) is 10.0 Å². The lowest BCUT2D eigenvalue weighted by Crippen LogP contribution is -2.49. The van der Waals surface area contributed by atoms with Crippen LogP contribution >= 0.6 is 0 Å². The van der Waals surface area contributed by atoms with Crippen LogP contribution in [0.15, 0.2) is 48.5 Å². The van der Waals surface area contributed by atoms with Gasteiger partial charge in [0, 0.05) is 6.26 Å². The number of sulfone groups is 1. The average Bonchev–Trinajstić information content (AvgIpc) is 2.64. The van der Waals surface area contributed by atoms with E-state index in [-0.39, 0.29) is 6.42 Å². The Morgan fingerprint density at radius 3 is 2.38 bits per heavy atom. The summed E-state index contributed by atoms with van der Waals surface area (Å²) in [6, 6.07) is 16.8. The van der Waals surface area contributed by atoms with Crippen molar-refractivity contribution in [1.82, 2.24) is 5.48 Å². The molecule has 2 N–H and O–H groups in total. The first kappa shape index (κ1) is 19.6. The smallest absolute Gasteiger partial charge is 0.264 e. The lowest BCUT2D eigenvalue weighted by molar-refractivity contribution is -0.131. The highest BCUT2D eigenvalue weighted by atomic mass is 32.2. The molecule has 0 fully saturated rings. The average molecular weight is 372 g/mol. The fraction of sp³-hybridized carbons (Fsp3) is 0.263. The van der Waals surface area contributed by atoms with Crippen LogP contribution in [0.5, 0.6) is 0 Å². The summed E-state index contributed by atoms with van der Waals surface area (Å²) in [4.78, 5) is 11.8. The monoisotopic (exact) mass is 372 g/mol. The molecule has 6 nitrogen and oxygen atoms in total. The molecular weight excluding hydrogens is 352 g/mol. The third-order valence-corrected chi connectivity index (χ3v) is 6.60. The number of hydroxylamine groups is 1. The van der Waals surface area contributed by atoms with Gasteiger partial charge in [0.2, 0.25) is 0 Å². The summed E-state index contributed by atoms with van der Waals surface area (Å²) in [5.74, 6) is -0.940.